The number of rotatable bonds is 2. The van der Waals surface area contributed by atoms with Gasteiger partial charge < -0.3 is 5.11 Å². The number of piperidine rings is 1. The van der Waals surface area contributed by atoms with Crippen molar-refractivity contribution in [3.63, 3.8) is 0 Å². The van der Waals surface area contributed by atoms with Crippen molar-refractivity contribution in [2.45, 2.75) is 45.1 Å². The third kappa shape index (κ3) is 2.54. The maximum Gasteiger partial charge on any atom is 0.115 e. The van der Waals surface area contributed by atoms with Gasteiger partial charge in [0.15, 0.2) is 0 Å². The van der Waals surface area contributed by atoms with Gasteiger partial charge in [0.2, 0.25) is 0 Å². The second kappa shape index (κ2) is 4.93. The van der Waals surface area contributed by atoms with Crippen molar-refractivity contribution >= 4 is 0 Å². The van der Waals surface area contributed by atoms with Gasteiger partial charge in [0.1, 0.15) is 5.75 Å². The van der Waals surface area contributed by atoms with Crippen molar-refractivity contribution in [2.75, 3.05) is 13.1 Å². The lowest BCUT2D eigenvalue weighted by Gasteiger charge is -2.39. The monoisotopic (exact) mass is 245 g/mol. The van der Waals surface area contributed by atoms with Gasteiger partial charge in [-0.25, -0.2) is 0 Å². The molecule has 1 spiro atoms. The highest BCUT2D eigenvalue weighted by atomic mass is 16.3. The van der Waals surface area contributed by atoms with Crippen LogP contribution in [0.3, 0.4) is 0 Å². The zero-order chi connectivity index (χ0) is 12.4. The van der Waals surface area contributed by atoms with Crippen LogP contribution in [0.4, 0.5) is 0 Å². The molecule has 1 aliphatic heterocycles. The van der Waals surface area contributed by atoms with Gasteiger partial charge in [0.25, 0.3) is 0 Å². The van der Waals surface area contributed by atoms with E-state index in [-0.39, 0.29) is 0 Å². The van der Waals surface area contributed by atoms with Crippen LogP contribution in [0.5, 0.6) is 5.75 Å². The molecule has 0 radical (unpaired) electrons. The molecule has 2 heteroatoms. The number of nitrogens with zero attached hydrogens (tertiary/aromatic N) is 1. The quantitative estimate of drug-likeness (QED) is 0.861. The first-order valence-electron chi connectivity index (χ1n) is 7.26. The number of phenols is 1. The van der Waals surface area contributed by atoms with Crippen LogP contribution in [0, 0.1) is 5.41 Å². The lowest BCUT2D eigenvalue weighted by molar-refractivity contribution is 0.103. The number of hydrogen-bond acceptors (Lipinski definition) is 2. The highest BCUT2D eigenvalue weighted by Crippen LogP contribution is 2.46. The lowest BCUT2D eigenvalue weighted by atomic mass is 9.77. The summed E-state index contributed by atoms with van der Waals surface area (Å²) in [6, 6.07) is 7.65. The van der Waals surface area contributed by atoms with Gasteiger partial charge >= 0.3 is 0 Å². The van der Waals surface area contributed by atoms with Crippen LogP contribution in [-0.2, 0) is 6.54 Å². The standard InChI is InChI=1S/C16H23NO/c18-15-5-3-14(4-6-15)13-17-11-9-16(10-12-17)7-1-2-8-16/h3-6,18H,1-2,7-13H2. The molecule has 0 amide bonds. The molecule has 0 unspecified atom stereocenters. The lowest BCUT2D eigenvalue weighted by Crippen LogP contribution is -2.38. The molecular formula is C16H23NO. The summed E-state index contributed by atoms with van der Waals surface area (Å²) in [6.45, 7) is 3.54. The first-order valence-corrected chi connectivity index (χ1v) is 7.26. The SMILES string of the molecule is Oc1ccc(CN2CCC3(CCCC3)CC2)cc1. The van der Waals surface area contributed by atoms with Crippen LogP contribution in [0.25, 0.3) is 0 Å². The van der Waals surface area contributed by atoms with Crippen molar-refractivity contribution in [3.05, 3.63) is 29.8 Å². The first-order chi connectivity index (χ1) is 8.76. The summed E-state index contributed by atoms with van der Waals surface area (Å²) in [5.74, 6) is 0.363. The van der Waals surface area contributed by atoms with Crippen LogP contribution in [0.15, 0.2) is 24.3 Å². The van der Waals surface area contributed by atoms with Gasteiger partial charge in [-0.2, -0.15) is 0 Å². The first kappa shape index (κ1) is 12.0. The third-order valence-corrected chi connectivity index (χ3v) is 4.92. The molecule has 98 valence electrons. The van der Waals surface area contributed by atoms with Crippen LogP contribution in [0.1, 0.15) is 44.1 Å². The molecule has 0 aromatic heterocycles. The molecule has 1 saturated heterocycles. The van der Waals surface area contributed by atoms with Gasteiger partial charge in [0.05, 0.1) is 0 Å². The van der Waals surface area contributed by atoms with E-state index in [2.05, 4.69) is 4.90 Å². The van der Waals surface area contributed by atoms with Crippen LogP contribution in [0.2, 0.25) is 0 Å². The Hall–Kier alpha value is -1.02. The topological polar surface area (TPSA) is 23.5 Å². The number of aromatic hydroxyl groups is 1. The average molecular weight is 245 g/mol. The Morgan fingerprint density at radius 1 is 0.944 bits per heavy atom. The van der Waals surface area contributed by atoms with Gasteiger partial charge in [-0.15, -0.1) is 0 Å². The Morgan fingerprint density at radius 2 is 1.56 bits per heavy atom. The second-order valence-electron chi connectivity index (χ2n) is 6.15. The Labute approximate surface area is 110 Å². The number of likely N-dealkylation sites (tertiary alicyclic amines) is 1. The zero-order valence-electron chi connectivity index (χ0n) is 11.1. The Bertz CT molecular complexity index is 382. The molecule has 2 aliphatic rings. The normalized spacial score (nSPS) is 23.6. The van der Waals surface area contributed by atoms with Crippen molar-refractivity contribution in [3.8, 4) is 5.75 Å². The summed E-state index contributed by atoms with van der Waals surface area (Å²) >= 11 is 0. The van der Waals surface area contributed by atoms with Crippen molar-refractivity contribution < 1.29 is 5.11 Å². The summed E-state index contributed by atoms with van der Waals surface area (Å²) < 4.78 is 0. The van der Waals surface area contributed by atoms with E-state index in [1.54, 1.807) is 12.1 Å². The zero-order valence-corrected chi connectivity index (χ0v) is 11.1. The summed E-state index contributed by atoms with van der Waals surface area (Å²) in [6.07, 6.45) is 8.65. The minimum absolute atomic E-state index is 0.363. The predicted molar refractivity (Wildman–Crippen MR) is 73.5 cm³/mol. The van der Waals surface area contributed by atoms with E-state index in [0.29, 0.717) is 11.2 Å². The Balaban J connectivity index is 1.55. The molecule has 18 heavy (non-hydrogen) atoms. The van der Waals surface area contributed by atoms with Crippen molar-refractivity contribution in [1.29, 1.82) is 0 Å². The van der Waals surface area contributed by atoms with E-state index in [4.69, 9.17) is 0 Å². The largest absolute Gasteiger partial charge is 0.508 e. The van der Waals surface area contributed by atoms with E-state index in [1.165, 1.54) is 57.2 Å². The van der Waals surface area contributed by atoms with Gasteiger partial charge in [-0.3, -0.25) is 4.90 Å². The average Bonchev–Trinajstić information content (AvgIpc) is 2.84. The fourth-order valence-electron chi connectivity index (χ4n) is 3.67. The smallest absolute Gasteiger partial charge is 0.115 e. The Kier molecular flexibility index (Phi) is 3.29. The highest BCUT2D eigenvalue weighted by Gasteiger charge is 2.36. The van der Waals surface area contributed by atoms with E-state index in [1.807, 2.05) is 12.1 Å². The molecule has 0 bridgehead atoms. The van der Waals surface area contributed by atoms with Gasteiger partial charge in [0, 0.05) is 6.54 Å². The van der Waals surface area contributed by atoms with Crippen LogP contribution < -0.4 is 0 Å². The summed E-state index contributed by atoms with van der Waals surface area (Å²) in [5.41, 5.74) is 2.03. The van der Waals surface area contributed by atoms with E-state index < -0.39 is 0 Å². The molecular weight excluding hydrogens is 222 g/mol. The van der Waals surface area contributed by atoms with Crippen molar-refractivity contribution in [2.24, 2.45) is 5.41 Å². The maximum atomic E-state index is 9.29. The molecule has 2 nitrogen and oxygen atoms in total. The highest BCUT2D eigenvalue weighted by molar-refractivity contribution is 5.25. The number of phenolic OH excluding ortho intramolecular Hbond substituents is 1. The fraction of sp³-hybridized carbons (Fsp3) is 0.625. The number of hydrogen-bond donors (Lipinski definition) is 1. The van der Waals surface area contributed by atoms with E-state index in [0.717, 1.165) is 6.54 Å². The molecule has 1 saturated carbocycles. The molecule has 1 N–H and O–H groups in total. The predicted octanol–water partition coefficient (Wildman–Crippen LogP) is 3.55. The molecule has 1 aromatic rings. The van der Waals surface area contributed by atoms with E-state index in [9.17, 15) is 5.11 Å². The van der Waals surface area contributed by atoms with Crippen LogP contribution >= 0.6 is 0 Å². The summed E-state index contributed by atoms with van der Waals surface area (Å²) in [5, 5.41) is 9.29. The minimum Gasteiger partial charge on any atom is -0.508 e. The molecule has 0 atom stereocenters. The second-order valence-corrected chi connectivity index (χ2v) is 6.15. The van der Waals surface area contributed by atoms with Crippen molar-refractivity contribution in [1.82, 2.24) is 4.90 Å². The summed E-state index contributed by atoms with van der Waals surface area (Å²) in [7, 11) is 0. The number of benzene rings is 1. The minimum atomic E-state index is 0.363. The van der Waals surface area contributed by atoms with Crippen LogP contribution in [-0.4, -0.2) is 23.1 Å². The third-order valence-electron chi connectivity index (χ3n) is 4.92. The molecule has 1 aromatic carbocycles. The Morgan fingerprint density at radius 3 is 2.17 bits per heavy atom. The fourth-order valence-corrected chi connectivity index (χ4v) is 3.67. The van der Waals surface area contributed by atoms with Gasteiger partial charge in [-0.05, 0) is 61.9 Å². The molecule has 2 fully saturated rings. The molecule has 1 aliphatic carbocycles. The van der Waals surface area contributed by atoms with Gasteiger partial charge in [-0.1, -0.05) is 25.0 Å². The van der Waals surface area contributed by atoms with E-state index >= 15 is 0 Å². The maximum absolute atomic E-state index is 9.29. The molecule has 1 heterocycles. The summed E-state index contributed by atoms with van der Waals surface area (Å²) in [4.78, 5) is 2.57. The molecule has 3 rings (SSSR count).